The van der Waals surface area contributed by atoms with Crippen molar-refractivity contribution >= 4 is 5.91 Å². The van der Waals surface area contributed by atoms with Gasteiger partial charge in [-0.3, -0.25) is 9.69 Å². The van der Waals surface area contributed by atoms with E-state index in [4.69, 9.17) is 0 Å². The normalized spacial score (nSPS) is 25.8. The van der Waals surface area contributed by atoms with Crippen molar-refractivity contribution < 1.29 is 4.79 Å². The fraction of sp³-hybridized carbons (Fsp3) is 0.409. The van der Waals surface area contributed by atoms with Crippen LogP contribution >= 0.6 is 0 Å². The third-order valence-corrected chi connectivity index (χ3v) is 5.73. The van der Waals surface area contributed by atoms with E-state index in [1.165, 1.54) is 11.1 Å². The van der Waals surface area contributed by atoms with Crippen LogP contribution in [-0.2, 0) is 4.79 Å². The van der Waals surface area contributed by atoms with E-state index in [0.29, 0.717) is 18.0 Å². The van der Waals surface area contributed by atoms with Gasteiger partial charge in [-0.2, -0.15) is 0 Å². The van der Waals surface area contributed by atoms with E-state index in [2.05, 4.69) is 76.2 Å². The smallest absolute Gasteiger partial charge is 0.217 e. The molecule has 4 rings (SSSR count). The van der Waals surface area contributed by atoms with Gasteiger partial charge in [0, 0.05) is 50.6 Å². The molecule has 0 bridgehead atoms. The van der Waals surface area contributed by atoms with Gasteiger partial charge in [0.2, 0.25) is 5.91 Å². The zero-order valence-corrected chi connectivity index (χ0v) is 15.3. The first kappa shape index (κ1) is 17.3. The molecule has 0 aromatic heterocycles. The van der Waals surface area contributed by atoms with E-state index in [1.54, 1.807) is 6.92 Å². The van der Waals surface area contributed by atoms with Crippen LogP contribution in [0.5, 0.6) is 0 Å². The molecule has 26 heavy (non-hydrogen) atoms. The molecule has 2 fully saturated rings. The maximum absolute atomic E-state index is 11.5. The third-order valence-electron chi connectivity index (χ3n) is 5.73. The minimum atomic E-state index is 0.0713. The third kappa shape index (κ3) is 3.53. The maximum Gasteiger partial charge on any atom is 0.217 e. The first-order valence-electron chi connectivity index (χ1n) is 9.56. The molecular weight excluding hydrogens is 322 g/mol. The van der Waals surface area contributed by atoms with Crippen molar-refractivity contribution in [3.63, 3.8) is 0 Å². The van der Waals surface area contributed by atoms with Crippen LogP contribution in [0.2, 0.25) is 0 Å². The predicted octanol–water partition coefficient (Wildman–Crippen LogP) is 2.37. The number of piperazine rings is 1. The van der Waals surface area contributed by atoms with E-state index in [0.717, 1.165) is 26.1 Å². The minimum Gasteiger partial charge on any atom is -0.352 e. The summed E-state index contributed by atoms with van der Waals surface area (Å²) >= 11 is 0. The number of hydrogen-bond donors (Lipinski definition) is 2. The zero-order chi connectivity index (χ0) is 17.9. The number of nitrogens with zero attached hydrogens (tertiary/aromatic N) is 1. The second-order valence-corrected chi connectivity index (χ2v) is 7.51. The van der Waals surface area contributed by atoms with Gasteiger partial charge >= 0.3 is 0 Å². The number of fused-ring (bicyclic) bond motifs is 1. The quantitative estimate of drug-likeness (QED) is 0.891. The lowest BCUT2D eigenvalue weighted by molar-refractivity contribution is -0.119. The largest absolute Gasteiger partial charge is 0.352 e. The van der Waals surface area contributed by atoms with E-state index < -0.39 is 0 Å². The number of benzene rings is 2. The first-order valence-corrected chi connectivity index (χ1v) is 9.56. The van der Waals surface area contributed by atoms with Crippen LogP contribution < -0.4 is 10.6 Å². The first-order chi connectivity index (χ1) is 12.7. The highest BCUT2D eigenvalue weighted by Crippen LogP contribution is 2.35. The Balaban J connectivity index is 1.66. The van der Waals surface area contributed by atoms with Crippen LogP contribution in [0.15, 0.2) is 60.7 Å². The summed E-state index contributed by atoms with van der Waals surface area (Å²) in [5, 5.41) is 6.77. The summed E-state index contributed by atoms with van der Waals surface area (Å²) in [6, 6.07) is 22.8. The van der Waals surface area contributed by atoms with Crippen LogP contribution in [0.1, 0.15) is 30.4 Å². The molecule has 136 valence electrons. The lowest BCUT2D eigenvalue weighted by atomic mass is 9.83. The molecule has 2 aromatic carbocycles. The second-order valence-electron chi connectivity index (χ2n) is 7.51. The minimum absolute atomic E-state index is 0.0713. The predicted molar refractivity (Wildman–Crippen MR) is 104 cm³/mol. The second kappa shape index (κ2) is 7.60. The Morgan fingerprint density at radius 1 is 1.04 bits per heavy atom. The molecule has 4 heteroatoms. The van der Waals surface area contributed by atoms with E-state index in [-0.39, 0.29) is 11.9 Å². The zero-order valence-electron chi connectivity index (χ0n) is 15.3. The van der Waals surface area contributed by atoms with Gasteiger partial charge in [0.05, 0.1) is 0 Å². The number of carbonyl (C=O) groups excluding carboxylic acids is 1. The van der Waals surface area contributed by atoms with E-state index in [1.807, 2.05) is 0 Å². The van der Waals surface area contributed by atoms with Crippen LogP contribution in [-0.4, -0.2) is 48.6 Å². The van der Waals surface area contributed by atoms with Crippen LogP contribution in [0.4, 0.5) is 0 Å². The molecule has 0 aliphatic carbocycles. The summed E-state index contributed by atoms with van der Waals surface area (Å²) in [4.78, 5) is 14.1. The highest BCUT2D eigenvalue weighted by atomic mass is 16.1. The van der Waals surface area contributed by atoms with Gasteiger partial charge in [-0.15, -0.1) is 0 Å². The summed E-state index contributed by atoms with van der Waals surface area (Å²) in [6.07, 6.45) is 1.03. The molecule has 4 nitrogen and oxygen atoms in total. The number of nitrogens with one attached hydrogen (secondary N) is 2. The summed E-state index contributed by atoms with van der Waals surface area (Å²) < 4.78 is 0. The van der Waals surface area contributed by atoms with Crippen LogP contribution in [0.25, 0.3) is 0 Å². The number of amides is 1. The van der Waals surface area contributed by atoms with Gasteiger partial charge in [0.15, 0.2) is 0 Å². The van der Waals surface area contributed by atoms with Crippen molar-refractivity contribution in [3.8, 4) is 0 Å². The molecule has 2 saturated heterocycles. The molecule has 0 radical (unpaired) electrons. The molecule has 2 heterocycles. The Hall–Kier alpha value is -2.17. The van der Waals surface area contributed by atoms with Gasteiger partial charge in [-0.05, 0) is 17.5 Å². The summed E-state index contributed by atoms with van der Waals surface area (Å²) in [5.41, 5.74) is 2.71. The standard InChI is InChI=1S/C22H27N3O/c1-16(26)24-19-12-20-13-23-14-21(25(20)15-19)22(17-8-4-2-5-9-17)18-10-6-3-7-11-18/h2-11,19-23H,12-15H2,1H3,(H,24,26)/t19-,20+,21+/m1/s1. The molecule has 0 spiro atoms. The highest BCUT2D eigenvalue weighted by Gasteiger charge is 2.42. The van der Waals surface area contributed by atoms with Crippen molar-refractivity contribution in [2.45, 2.75) is 37.4 Å². The molecule has 2 aliphatic heterocycles. The number of hydrogen-bond acceptors (Lipinski definition) is 3. The maximum atomic E-state index is 11.5. The Morgan fingerprint density at radius 3 is 2.23 bits per heavy atom. The summed E-state index contributed by atoms with van der Waals surface area (Å²) in [6.45, 7) is 4.52. The van der Waals surface area contributed by atoms with E-state index in [9.17, 15) is 4.79 Å². The fourth-order valence-electron chi connectivity index (χ4n) is 4.72. The van der Waals surface area contributed by atoms with Gasteiger partial charge in [0.25, 0.3) is 0 Å². The van der Waals surface area contributed by atoms with Crippen molar-refractivity contribution in [1.82, 2.24) is 15.5 Å². The molecule has 2 aromatic rings. The molecule has 3 atom stereocenters. The van der Waals surface area contributed by atoms with Crippen molar-refractivity contribution in [2.24, 2.45) is 0 Å². The van der Waals surface area contributed by atoms with Crippen molar-refractivity contribution in [3.05, 3.63) is 71.8 Å². The Bertz CT molecular complexity index is 694. The summed E-state index contributed by atoms with van der Waals surface area (Å²) in [5.74, 6) is 0.394. The highest BCUT2D eigenvalue weighted by molar-refractivity contribution is 5.73. The molecule has 0 unspecified atom stereocenters. The summed E-state index contributed by atoms with van der Waals surface area (Å²) in [7, 11) is 0. The van der Waals surface area contributed by atoms with Gasteiger partial charge in [-0.25, -0.2) is 0 Å². The molecular formula is C22H27N3O. The average molecular weight is 349 g/mol. The molecule has 2 N–H and O–H groups in total. The fourth-order valence-corrected chi connectivity index (χ4v) is 4.72. The van der Waals surface area contributed by atoms with E-state index >= 15 is 0 Å². The lowest BCUT2D eigenvalue weighted by Crippen LogP contribution is -2.57. The number of rotatable bonds is 4. The Kier molecular flexibility index (Phi) is 5.05. The van der Waals surface area contributed by atoms with Crippen molar-refractivity contribution in [2.75, 3.05) is 19.6 Å². The average Bonchev–Trinajstić information content (AvgIpc) is 3.06. The molecule has 1 amide bonds. The van der Waals surface area contributed by atoms with Gasteiger partial charge in [-0.1, -0.05) is 60.7 Å². The Labute approximate surface area is 155 Å². The SMILES string of the molecule is CC(=O)N[C@@H]1C[C@H]2CNC[C@@H](C(c3ccccc3)c3ccccc3)N2C1. The van der Waals surface area contributed by atoms with Crippen molar-refractivity contribution in [1.29, 1.82) is 0 Å². The molecule has 2 aliphatic rings. The molecule has 0 saturated carbocycles. The Morgan fingerprint density at radius 2 is 1.65 bits per heavy atom. The lowest BCUT2D eigenvalue weighted by Gasteiger charge is -2.42. The van der Waals surface area contributed by atoms with Gasteiger partial charge < -0.3 is 10.6 Å². The monoisotopic (exact) mass is 349 g/mol. The van der Waals surface area contributed by atoms with Gasteiger partial charge in [0.1, 0.15) is 0 Å². The van der Waals surface area contributed by atoms with Crippen LogP contribution in [0, 0.1) is 0 Å². The number of carbonyl (C=O) groups is 1. The topological polar surface area (TPSA) is 44.4 Å². The van der Waals surface area contributed by atoms with Crippen LogP contribution in [0.3, 0.4) is 0 Å².